The Labute approximate surface area is 168 Å². The summed E-state index contributed by atoms with van der Waals surface area (Å²) in [7, 11) is -3.54. The van der Waals surface area contributed by atoms with Gasteiger partial charge in [0.05, 0.1) is 4.90 Å². The Morgan fingerprint density at radius 1 is 1.29 bits per heavy atom. The molecule has 1 aliphatic heterocycles. The van der Waals surface area contributed by atoms with Crippen molar-refractivity contribution in [3.8, 4) is 0 Å². The summed E-state index contributed by atoms with van der Waals surface area (Å²) in [5.74, 6) is 0.0668. The SMILES string of the molecule is CC(C)=CCC[C@@H](C)C/C=N\NC(=O)c1cccc(S(=O)(=O)N2CCCC2)c1. The van der Waals surface area contributed by atoms with Gasteiger partial charge in [-0.25, -0.2) is 13.8 Å². The second-order valence-corrected chi connectivity index (χ2v) is 9.53. The predicted octanol–water partition coefficient (Wildman–Crippen LogP) is 3.96. The highest BCUT2D eigenvalue weighted by atomic mass is 32.2. The van der Waals surface area contributed by atoms with Gasteiger partial charge in [0.15, 0.2) is 0 Å². The number of sulfonamides is 1. The Balaban J connectivity index is 1.90. The van der Waals surface area contributed by atoms with Crippen LogP contribution < -0.4 is 5.43 Å². The Hall–Kier alpha value is -1.99. The van der Waals surface area contributed by atoms with E-state index in [1.165, 1.54) is 22.0 Å². The Morgan fingerprint density at radius 2 is 2.00 bits per heavy atom. The van der Waals surface area contributed by atoms with Crippen LogP contribution in [0.4, 0.5) is 0 Å². The molecule has 1 saturated heterocycles. The molecule has 0 spiro atoms. The van der Waals surface area contributed by atoms with Crippen LogP contribution in [0.15, 0.2) is 45.9 Å². The fourth-order valence-electron chi connectivity index (χ4n) is 3.05. The van der Waals surface area contributed by atoms with Gasteiger partial charge in [-0.05, 0) is 70.1 Å². The van der Waals surface area contributed by atoms with Crippen LogP contribution in [-0.2, 0) is 10.0 Å². The minimum atomic E-state index is -3.54. The molecule has 0 bridgehead atoms. The van der Waals surface area contributed by atoms with E-state index in [2.05, 4.69) is 37.4 Å². The number of hydrazone groups is 1. The number of rotatable bonds is 9. The predicted molar refractivity (Wildman–Crippen MR) is 113 cm³/mol. The molecule has 28 heavy (non-hydrogen) atoms. The molecule has 1 heterocycles. The van der Waals surface area contributed by atoms with Crippen LogP contribution in [0.3, 0.4) is 0 Å². The number of nitrogens with one attached hydrogen (secondary N) is 1. The molecule has 1 aliphatic rings. The average Bonchev–Trinajstić information content (AvgIpc) is 3.20. The minimum absolute atomic E-state index is 0.152. The molecular formula is C21H31N3O3S. The summed E-state index contributed by atoms with van der Waals surface area (Å²) in [5, 5.41) is 4.00. The molecule has 0 radical (unpaired) electrons. The molecule has 154 valence electrons. The molecule has 1 fully saturated rings. The van der Waals surface area contributed by atoms with Crippen molar-refractivity contribution in [3.63, 3.8) is 0 Å². The van der Waals surface area contributed by atoms with Gasteiger partial charge in [0, 0.05) is 24.9 Å². The van der Waals surface area contributed by atoms with Crippen molar-refractivity contribution in [2.45, 2.75) is 57.8 Å². The zero-order valence-electron chi connectivity index (χ0n) is 17.0. The van der Waals surface area contributed by atoms with Gasteiger partial charge in [-0.1, -0.05) is 24.6 Å². The van der Waals surface area contributed by atoms with E-state index in [-0.39, 0.29) is 10.5 Å². The third kappa shape index (κ3) is 6.56. The van der Waals surface area contributed by atoms with Crippen LogP contribution in [0.5, 0.6) is 0 Å². The molecule has 6 nitrogen and oxygen atoms in total. The molecule has 1 aromatic carbocycles. The highest BCUT2D eigenvalue weighted by Crippen LogP contribution is 2.21. The van der Waals surface area contributed by atoms with Gasteiger partial charge in [-0.2, -0.15) is 9.41 Å². The van der Waals surface area contributed by atoms with Crippen LogP contribution in [0.2, 0.25) is 0 Å². The number of amides is 1. The maximum absolute atomic E-state index is 12.6. The maximum atomic E-state index is 12.6. The van der Waals surface area contributed by atoms with E-state index in [1.54, 1.807) is 18.3 Å². The fraction of sp³-hybridized carbons (Fsp3) is 0.524. The van der Waals surface area contributed by atoms with Gasteiger partial charge < -0.3 is 0 Å². The van der Waals surface area contributed by atoms with Crippen molar-refractivity contribution in [1.82, 2.24) is 9.73 Å². The fourth-order valence-corrected chi connectivity index (χ4v) is 4.61. The smallest absolute Gasteiger partial charge is 0.267 e. The van der Waals surface area contributed by atoms with Gasteiger partial charge >= 0.3 is 0 Å². The molecular weight excluding hydrogens is 374 g/mol. The maximum Gasteiger partial charge on any atom is 0.271 e. The van der Waals surface area contributed by atoms with Crippen molar-refractivity contribution < 1.29 is 13.2 Å². The number of carbonyl (C=O) groups excluding carboxylic acids is 1. The lowest BCUT2D eigenvalue weighted by atomic mass is 10.0. The van der Waals surface area contributed by atoms with E-state index in [9.17, 15) is 13.2 Å². The summed E-state index contributed by atoms with van der Waals surface area (Å²) < 4.78 is 26.7. The van der Waals surface area contributed by atoms with E-state index >= 15 is 0 Å². The molecule has 2 rings (SSSR count). The first-order chi connectivity index (χ1) is 13.3. The van der Waals surface area contributed by atoms with Gasteiger partial charge in [-0.15, -0.1) is 0 Å². The highest BCUT2D eigenvalue weighted by molar-refractivity contribution is 7.89. The molecule has 0 saturated carbocycles. The molecule has 1 N–H and O–H groups in total. The summed E-state index contributed by atoms with van der Waals surface area (Å²) in [6.07, 6.45) is 8.57. The topological polar surface area (TPSA) is 78.8 Å². The van der Waals surface area contributed by atoms with Crippen LogP contribution >= 0.6 is 0 Å². The standard InChI is InChI=1S/C21H31N3O3S/c1-17(2)8-6-9-18(3)12-13-22-23-21(25)19-10-7-11-20(16-19)28(26,27)24-14-4-5-15-24/h7-8,10-11,13,16,18H,4-6,9,12,14-15H2,1-3H3,(H,23,25)/b22-13-/t18-/m1/s1. The van der Waals surface area contributed by atoms with Crippen LogP contribution in [0.25, 0.3) is 0 Å². The number of benzene rings is 1. The molecule has 1 atom stereocenters. The van der Waals surface area contributed by atoms with Gasteiger partial charge in [-0.3, -0.25) is 4.79 Å². The molecule has 1 amide bonds. The van der Waals surface area contributed by atoms with Crippen LogP contribution in [-0.4, -0.2) is 37.9 Å². The normalized spacial score (nSPS) is 16.2. The van der Waals surface area contributed by atoms with Gasteiger partial charge in [0.25, 0.3) is 5.91 Å². The first-order valence-corrected chi connectivity index (χ1v) is 11.3. The minimum Gasteiger partial charge on any atom is -0.267 e. The third-order valence-corrected chi connectivity index (χ3v) is 6.67. The molecule has 7 heteroatoms. The molecule has 0 unspecified atom stereocenters. The van der Waals surface area contributed by atoms with Gasteiger partial charge in [0.2, 0.25) is 10.0 Å². The van der Waals surface area contributed by atoms with Gasteiger partial charge in [0.1, 0.15) is 0 Å². The number of hydrogen-bond donors (Lipinski definition) is 1. The number of hydrogen-bond acceptors (Lipinski definition) is 4. The Bertz CT molecular complexity index is 821. The molecule has 0 aliphatic carbocycles. The Kier molecular flexibility index (Phi) is 8.38. The summed E-state index contributed by atoms with van der Waals surface area (Å²) in [6, 6.07) is 6.13. The van der Waals surface area contributed by atoms with Crippen molar-refractivity contribution in [2.24, 2.45) is 11.0 Å². The first-order valence-electron chi connectivity index (χ1n) is 9.86. The first kappa shape index (κ1) is 22.3. The summed E-state index contributed by atoms with van der Waals surface area (Å²) >= 11 is 0. The van der Waals surface area contributed by atoms with Crippen molar-refractivity contribution in [2.75, 3.05) is 13.1 Å². The zero-order chi connectivity index (χ0) is 20.6. The largest absolute Gasteiger partial charge is 0.271 e. The highest BCUT2D eigenvalue weighted by Gasteiger charge is 2.27. The number of allylic oxidation sites excluding steroid dienone is 2. The average molecular weight is 406 g/mol. The van der Waals surface area contributed by atoms with E-state index in [0.29, 0.717) is 19.0 Å². The lowest BCUT2D eigenvalue weighted by molar-refractivity contribution is 0.0954. The molecule has 1 aromatic rings. The Morgan fingerprint density at radius 3 is 2.68 bits per heavy atom. The number of carbonyl (C=O) groups is 1. The van der Waals surface area contributed by atoms with E-state index in [0.717, 1.165) is 32.1 Å². The summed E-state index contributed by atoms with van der Waals surface area (Å²) in [6.45, 7) is 7.41. The third-order valence-electron chi connectivity index (χ3n) is 4.78. The second kappa shape index (κ2) is 10.5. The molecule has 0 aromatic heterocycles. The lowest BCUT2D eigenvalue weighted by Crippen LogP contribution is -2.28. The quantitative estimate of drug-likeness (QED) is 0.384. The van der Waals surface area contributed by atoms with Crippen LogP contribution in [0, 0.1) is 5.92 Å². The summed E-state index contributed by atoms with van der Waals surface area (Å²) in [4.78, 5) is 12.4. The van der Waals surface area contributed by atoms with Crippen molar-refractivity contribution in [1.29, 1.82) is 0 Å². The van der Waals surface area contributed by atoms with Crippen molar-refractivity contribution in [3.05, 3.63) is 41.5 Å². The number of nitrogens with zero attached hydrogens (tertiary/aromatic N) is 2. The van der Waals surface area contributed by atoms with E-state index in [1.807, 2.05) is 0 Å². The monoisotopic (exact) mass is 405 g/mol. The van der Waals surface area contributed by atoms with E-state index in [4.69, 9.17) is 0 Å². The van der Waals surface area contributed by atoms with Crippen molar-refractivity contribution >= 4 is 22.1 Å². The summed E-state index contributed by atoms with van der Waals surface area (Å²) in [5.41, 5.74) is 4.09. The second-order valence-electron chi connectivity index (χ2n) is 7.59. The van der Waals surface area contributed by atoms with Crippen LogP contribution in [0.1, 0.15) is 63.2 Å². The lowest BCUT2D eigenvalue weighted by Gasteiger charge is -2.15. The zero-order valence-corrected chi connectivity index (χ0v) is 17.8. The van der Waals surface area contributed by atoms with E-state index < -0.39 is 15.9 Å².